The van der Waals surface area contributed by atoms with Crippen molar-refractivity contribution in [1.82, 2.24) is 5.16 Å². The van der Waals surface area contributed by atoms with Crippen LogP contribution in [0.4, 0.5) is 0 Å². The van der Waals surface area contributed by atoms with Crippen LogP contribution < -0.4 is 4.74 Å². The molecule has 19 heavy (non-hydrogen) atoms. The van der Waals surface area contributed by atoms with Crippen LogP contribution in [0, 0.1) is 0 Å². The lowest BCUT2D eigenvalue weighted by molar-refractivity contribution is 0.309. The van der Waals surface area contributed by atoms with Crippen LogP contribution >= 0.6 is 11.3 Å². The molecule has 0 amide bonds. The van der Waals surface area contributed by atoms with Gasteiger partial charge in [0.05, 0.1) is 6.61 Å². The molecule has 0 fully saturated rings. The highest BCUT2D eigenvalue weighted by Crippen LogP contribution is 2.33. The Morgan fingerprint density at radius 3 is 3.16 bits per heavy atom. The van der Waals surface area contributed by atoms with Crippen molar-refractivity contribution in [3.63, 3.8) is 0 Å². The van der Waals surface area contributed by atoms with Gasteiger partial charge in [0.25, 0.3) is 0 Å². The Hall–Kier alpha value is -1.81. The molecule has 0 aliphatic carbocycles. The predicted molar refractivity (Wildman–Crippen MR) is 77.7 cm³/mol. The van der Waals surface area contributed by atoms with Crippen molar-refractivity contribution in [1.29, 1.82) is 0 Å². The second-order valence-corrected chi connectivity index (χ2v) is 5.29. The summed E-state index contributed by atoms with van der Waals surface area (Å²) in [6.07, 6.45) is 2.21. The first kappa shape index (κ1) is 12.2. The topological polar surface area (TPSA) is 35.3 Å². The number of unbranched alkanes of at least 4 members (excludes halogenated alkanes) is 1. The van der Waals surface area contributed by atoms with E-state index in [0.717, 1.165) is 46.7 Å². The first-order valence-electron chi connectivity index (χ1n) is 6.44. The van der Waals surface area contributed by atoms with E-state index < -0.39 is 0 Å². The van der Waals surface area contributed by atoms with Gasteiger partial charge in [0.15, 0.2) is 5.58 Å². The molecular weight excluding hydrogens is 258 g/mol. The van der Waals surface area contributed by atoms with Gasteiger partial charge >= 0.3 is 0 Å². The Labute approximate surface area is 115 Å². The third-order valence-electron chi connectivity index (χ3n) is 2.95. The number of aromatic nitrogens is 1. The summed E-state index contributed by atoms with van der Waals surface area (Å²) in [7, 11) is 0. The average molecular weight is 273 g/mol. The van der Waals surface area contributed by atoms with Gasteiger partial charge in [-0.15, -0.1) is 11.3 Å². The number of hydrogen-bond acceptors (Lipinski definition) is 4. The molecule has 3 nitrogen and oxygen atoms in total. The molecule has 2 heterocycles. The minimum Gasteiger partial charge on any atom is -0.494 e. The molecule has 0 aliphatic rings. The molecule has 0 N–H and O–H groups in total. The number of thiophene rings is 1. The van der Waals surface area contributed by atoms with Gasteiger partial charge in [-0.3, -0.25) is 0 Å². The van der Waals surface area contributed by atoms with E-state index in [9.17, 15) is 0 Å². The molecule has 3 aromatic rings. The average Bonchev–Trinajstić information content (AvgIpc) is 3.01. The van der Waals surface area contributed by atoms with E-state index in [1.165, 1.54) is 0 Å². The van der Waals surface area contributed by atoms with Gasteiger partial charge in [-0.2, -0.15) is 0 Å². The summed E-state index contributed by atoms with van der Waals surface area (Å²) in [4.78, 5) is 0. The van der Waals surface area contributed by atoms with Gasteiger partial charge in [0.1, 0.15) is 16.1 Å². The SMILES string of the molecule is CCCCOc1cccc(-c2noc3ccsc23)c1. The maximum Gasteiger partial charge on any atom is 0.178 e. The van der Waals surface area contributed by atoms with E-state index in [0.29, 0.717) is 0 Å². The van der Waals surface area contributed by atoms with Gasteiger partial charge in [0, 0.05) is 5.56 Å². The van der Waals surface area contributed by atoms with Crippen molar-refractivity contribution in [2.45, 2.75) is 19.8 Å². The summed E-state index contributed by atoms with van der Waals surface area (Å²) in [5.41, 5.74) is 2.78. The molecule has 1 aromatic carbocycles. The van der Waals surface area contributed by atoms with Gasteiger partial charge in [-0.1, -0.05) is 30.6 Å². The molecule has 0 unspecified atom stereocenters. The number of hydrogen-bond donors (Lipinski definition) is 0. The minimum absolute atomic E-state index is 0.757. The van der Waals surface area contributed by atoms with Gasteiger partial charge in [-0.25, -0.2) is 0 Å². The molecule has 0 radical (unpaired) electrons. The van der Waals surface area contributed by atoms with E-state index in [4.69, 9.17) is 9.26 Å². The zero-order chi connectivity index (χ0) is 13.1. The Bertz CT molecular complexity index is 671. The van der Waals surface area contributed by atoms with Crippen LogP contribution in [0.2, 0.25) is 0 Å². The van der Waals surface area contributed by atoms with Crippen LogP contribution in [0.25, 0.3) is 21.5 Å². The summed E-state index contributed by atoms with van der Waals surface area (Å²) in [5, 5.41) is 6.16. The summed E-state index contributed by atoms with van der Waals surface area (Å²) >= 11 is 1.65. The number of ether oxygens (including phenoxy) is 1. The fraction of sp³-hybridized carbons (Fsp3) is 0.267. The monoisotopic (exact) mass is 273 g/mol. The molecule has 4 heteroatoms. The second kappa shape index (κ2) is 5.45. The van der Waals surface area contributed by atoms with Gasteiger partial charge in [-0.05, 0) is 30.0 Å². The molecule has 0 bridgehead atoms. The smallest absolute Gasteiger partial charge is 0.178 e. The number of nitrogens with zero attached hydrogens (tertiary/aromatic N) is 1. The minimum atomic E-state index is 0.757. The van der Waals surface area contributed by atoms with Crippen molar-refractivity contribution in [3.05, 3.63) is 35.7 Å². The fourth-order valence-corrected chi connectivity index (χ4v) is 2.75. The van der Waals surface area contributed by atoms with Crippen molar-refractivity contribution >= 4 is 21.6 Å². The Kier molecular flexibility index (Phi) is 3.51. The summed E-state index contributed by atoms with van der Waals surface area (Å²) in [5.74, 6) is 0.888. The first-order valence-corrected chi connectivity index (χ1v) is 7.32. The highest BCUT2D eigenvalue weighted by atomic mass is 32.1. The van der Waals surface area contributed by atoms with E-state index in [1.807, 2.05) is 35.7 Å². The van der Waals surface area contributed by atoms with Crippen molar-refractivity contribution in [3.8, 4) is 17.0 Å². The van der Waals surface area contributed by atoms with Crippen LogP contribution in [0.5, 0.6) is 5.75 Å². The van der Waals surface area contributed by atoms with Gasteiger partial charge < -0.3 is 9.26 Å². The van der Waals surface area contributed by atoms with E-state index in [1.54, 1.807) is 11.3 Å². The standard InChI is InChI=1S/C15H15NO2S/c1-2-3-8-17-12-6-4-5-11(10-12)14-15-13(18-16-14)7-9-19-15/h4-7,9-10H,2-3,8H2,1H3. The second-order valence-electron chi connectivity index (χ2n) is 4.38. The molecule has 0 saturated heterocycles. The maximum absolute atomic E-state index is 5.72. The zero-order valence-electron chi connectivity index (χ0n) is 10.8. The molecular formula is C15H15NO2S. The lowest BCUT2D eigenvalue weighted by Gasteiger charge is -2.06. The summed E-state index contributed by atoms with van der Waals surface area (Å²) in [6.45, 7) is 2.91. The quantitative estimate of drug-likeness (QED) is 0.630. The Morgan fingerprint density at radius 2 is 2.26 bits per heavy atom. The third-order valence-corrected chi connectivity index (χ3v) is 3.86. The number of benzene rings is 1. The molecule has 3 rings (SSSR count). The Morgan fingerprint density at radius 1 is 1.32 bits per heavy atom. The van der Waals surface area contributed by atoms with E-state index >= 15 is 0 Å². The molecule has 0 saturated carbocycles. The van der Waals surface area contributed by atoms with Crippen molar-refractivity contribution in [2.24, 2.45) is 0 Å². The van der Waals surface area contributed by atoms with Crippen molar-refractivity contribution in [2.75, 3.05) is 6.61 Å². The zero-order valence-corrected chi connectivity index (χ0v) is 11.6. The third kappa shape index (κ3) is 2.49. The van der Waals surface area contributed by atoms with Crippen LogP contribution in [-0.4, -0.2) is 11.8 Å². The molecule has 0 atom stereocenters. The van der Waals surface area contributed by atoms with Crippen LogP contribution in [0.3, 0.4) is 0 Å². The molecule has 98 valence electrons. The molecule has 2 aromatic heterocycles. The predicted octanol–water partition coefficient (Wildman–Crippen LogP) is 4.74. The normalized spacial score (nSPS) is 11.0. The highest BCUT2D eigenvalue weighted by Gasteiger charge is 2.11. The van der Waals surface area contributed by atoms with E-state index in [-0.39, 0.29) is 0 Å². The lowest BCUT2D eigenvalue weighted by Crippen LogP contribution is -1.96. The van der Waals surface area contributed by atoms with E-state index in [2.05, 4.69) is 12.1 Å². The largest absolute Gasteiger partial charge is 0.494 e. The summed E-state index contributed by atoms with van der Waals surface area (Å²) in [6, 6.07) is 9.96. The molecule has 0 aliphatic heterocycles. The van der Waals surface area contributed by atoms with Crippen LogP contribution in [-0.2, 0) is 0 Å². The number of rotatable bonds is 5. The van der Waals surface area contributed by atoms with Crippen LogP contribution in [0.15, 0.2) is 40.2 Å². The van der Waals surface area contributed by atoms with Gasteiger partial charge in [0.2, 0.25) is 0 Å². The fourth-order valence-electron chi connectivity index (χ4n) is 1.93. The first-order chi connectivity index (χ1) is 9.38. The summed E-state index contributed by atoms with van der Waals surface area (Å²) < 4.78 is 12.1. The lowest BCUT2D eigenvalue weighted by atomic mass is 10.1. The van der Waals surface area contributed by atoms with Crippen molar-refractivity contribution < 1.29 is 9.26 Å². The highest BCUT2D eigenvalue weighted by molar-refractivity contribution is 7.17. The van der Waals surface area contributed by atoms with Crippen LogP contribution in [0.1, 0.15) is 19.8 Å². The Balaban J connectivity index is 1.89. The number of fused-ring (bicyclic) bond motifs is 1. The molecule has 0 spiro atoms. The maximum atomic E-state index is 5.72.